The summed E-state index contributed by atoms with van der Waals surface area (Å²) in [7, 11) is 0. The number of hydrogen-bond acceptors (Lipinski definition) is 3. The second-order valence-corrected chi connectivity index (χ2v) is 4.25. The van der Waals surface area contributed by atoms with Crippen molar-refractivity contribution < 1.29 is 5.11 Å². The van der Waals surface area contributed by atoms with Crippen molar-refractivity contribution >= 4 is 11.8 Å². The number of nitrogens with zero attached hydrogens (tertiary/aromatic N) is 1. The fraction of sp³-hybridized carbons (Fsp3) is 0.154. The van der Waals surface area contributed by atoms with Gasteiger partial charge in [-0.15, -0.1) is 11.8 Å². The van der Waals surface area contributed by atoms with Gasteiger partial charge in [0.2, 0.25) is 0 Å². The molecule has 0 radical (unpaired) electrons. The summed E-state index contributed by atoms with van der Waals surface area (Å²) in [5, 5.41) is 10.2. The number of pyridine rings is 1. The molecule has 0 aliphatic heterocycles. The predicted octanol–water partition coefficient (Wildman–Crippen LogP) is 2.89. The van der Waals surface area contributed by atoms with Gasteiger partial charge in [0.25, 0.3) is 0 Å². The molecule has 1 heterocycles. The molecule has 1 aromatic carbocycles. The van der Waals surface area contributed by atoms with Crippen molar-refractivity contribution in [2.24, 2.45) is 0 Å². The van der Waals surface area contributed by atoms with Crippen LogP contribution in [0.25, 0.3) is 0 Å². The Hall–Kier alpha value is -1.32. The Morgan fingerprint density at radius 2 is 1.88 bits per heavy atom. The van der Waals surface area contributed by atoms with Crippen molar-refractivity contribution in [2.45, 2.75) is 11.0 Å². The topological polar surface area (TPSA) is 33.1 Å². The summed E-state index contributed by atoms with van der Waals surface area (Å²) < 4.78 is 0. The molecule has 0 fully saturated rings. The van der Waals surface area contributed by atoms with Gasteiger partial charge in [-0.2, -0.15) is 0 Å². The third-order valence-corrected chi connectivity index (χ3v) is 3.21. The lowest BCUT2D eigenvalue weighted by atomic mass is 10.1. The van der Waals surface area contributed by atoms with Crippen LogP contribution < -0.4 is 0 Å². The van der Waals surface area contributed by atoms with E-state index in [1.165, 1.54) is 0 Å². The molecule has 0 unspecified atom stereocenters. The average molecular weight is 231 g/mol. The van der Waals surface area contributed by atoms with Crippen molar-refractivity contribution in [1.82, 2.24) is 4.98 Å². The number of aliphatic hydroxyl groups excluding tert-OH is 1. The largest absolute Gasteiger partial charge is 0.382 e. The van der Waals surface area contributed by atoms with Crippen LogP contribution in [-0.2, 0) is 0 Å². The van der Waals surface area contributed by atoms with Gasteiger partial charge in [-0.05, 0) is 24.5 Å². The summed E-state index contributed by atoms with van der Waals surface area (Å²) >= 11 is 1.63. The van der Waals surface area contributed by atoms with Gasteiger partial charge >= 0.3 is 0 Å². The van der Waals surface area contributed by atoms with Gasteiger partial charge < -0.3 is 5.11 Å². The second-order valence-electron chi connectivity index (χ2n) is 3.40. The van der Waals surface area contributed by atoms with E-state index in [4.69, 9.17) is 0 Å². The van der Waals surface area contributed by atoms with E-state index in [1.807, 2.05) is 48.7 Å². The minimum absolute atomic E-state index is 0.648. The summed E-state index contributed by atoms with van der Waals surface area (Å²) in [6, 6.07) is 13.4. The lowest BCUT2D eigenvalue weighted by molar-refractivity contribution is 0.212. The van der Waals surface area contributed by atoms with Gasteiger partial charge in [-0.3, -0.25) is 4.98 Å². The lowest BCUT2D eigenvalue weighted by Gasteiger charge is -2.13. The fourth-order valence-electron chi connectivity index (χ4n) is 1.59. The Morgan fingerprint density at radius 1 is 1.12 bits per heavy atom. The first-order chi connectivity index (χ1) is 7.83. The standard InChI is InChI=1S/C13H13NOS/c1-16-12-8-3-2-6-10(12)13(15)11-7-4-5-9-14-11/h2-9,13,15H,1H3/t13-/m0/s1. The zero-order valence-corrected chi connectivity index (χ0v) is 9.82. The Kier molecular flexibility index (Phi) is 3.59. The maximum absolute atomic E-state index is 10.2. The summed E-state index contributed by atoms with van der Waals surface area (Å²) in [5.41, 5.74) is 1.60. The molecule has 0 spiro atoms. The van der Waals surface area contributed by atoms with Crippen molar-refractivity contribution in [3.05, 3.63) is 59.9 Å². The molecule has 0 aliphatic rings. The van der Waals surface area contributed by atoms with Crippen molar-refractivity contribution in [2.75, 3.05) is 6.26 Å². The number of rotatable bonds is 3. The molecule has 0 saturated heterocycles. The van der Waals surface area contributed by atoms with Crippen LogP contribution in [0.3, 0.4) is 0 Å². The number of aromatic nitrogens is 1. The fourth-order valence-corrected chi connectivity index (χ4v) is 2.22. The minimum atomic E-state index is -0.648. The molecule has 1 aromatic heterocycles. The van der Waals surface area contributed by atoms with Gasteiger partial charge in [-0.25, -0.2) is 0 Å². The average Bonchev–Trinajstić information content (AvgIpc) is 2.39. The zero-order valence-electron chi connectivity index (χ0n) is 9.00. The van der Waals surface area contributed by atoms with E-state index < -0.39 is 6.10 Å². The van der Waals surface area contributed by atoms with Crippen molar-refractivity contribution in [3.63, 3.8) is 0 Å². The molecule has 0 amide bonds. The summed E-state index contributed by atoms with van der Waals surface area (Å²) in [4.78, 5) is 5.26. The predicted molar refractivity (Wildman–Crippen MR) is 66.5 cm³/mol. The third-order valence-electron chi connectivity index (χ3n) is 2.40. The highest BCUT2D eigenvalue weighted by molar-refractivity contribution is 7.98. The molecule has 1 atom stereocenters. The summed E-state index contributed by atoms with van der Waals surface area (Å²) in [5.74, 6) is 0. The Bertz CT molecular complexity index is 458. The number of benzene rings is 1. The summed E-state index contributed by atoms with van der Waals surface area (Å²) in [6.45, 7) is 0. The molecule has 82 valence electrons. The minimum Gasteiger partial charge on any atom is -0.382 e. The number of hydrogen-bond donors (Lipinski definition) is 1. The highest BCUT2D eigenvalue weighted by atomic mass is 32.2. The first kappa shape index (κ1) is 11.2. The Labute approximate surface area is 99.4 Å². The number of aliphatic hydroxyl groups is 1. The molecule has 2 rings (SSSR count). The maximum atomic E-state index is 10.2. The van der Waals surface area contributed by atoms with Crippen LogP contribution in [0.2, 0.25) is 0 Å². The molecule has 0 saturated carbocycles. The van der Waals surface area contributed by atoms with E-state index >= 15 is 0 Å². The van der Waals surface area contributed by atoms with Gasteiger partial charge in [0, 0.05) is 16.7 Å². The van der Waals surface area contributed by atoms with E-state index in [0.717, 1.165) is 10.5 Å². The van der Waals surface area contributed by atoms with E-state index in [0.29, 0.717) is 5.69 Å². The monoisotopic (exact) mass is 231 g/mol. The van der Waals surface area contributed by atoms with Gasteiger partial charge in [0.15, 0.2) is 0 Å². The summed E-state index contributed by atoms with van der Waals surface area (Å²) in [6.07, 6.45) is 3.05. The highest BCUT2D eigenvalue weighted by Crippen LogP contribution is 2.28. The maximum Gasteiger partial charge on any atom is 0.122 e. The van der Waals surface area contributed by atoms with Gasteiger partial charge in [-0.1, -0.05) is 24.3 Å². The molecule has 0 aliphatic carbocycles. The second kappa shape index (κ2) is 5.14. The van der Waals surface area contributed by atoms with Crippen molar-refractivity contribution in [1.29, 1.82) is 0 Å². The first-order valence-corrected chi connectivity index (χ1v) is 6.27. The van der Waals surface area contributed by atoms with Crippen LogP contribution in [0.5, 0.6) is 0 Å². The van der Waals surface area contributed by atoms with E-state index in [-0.39, 0.29) is 0 Å². The quantitative estimate of drug-likeness (QED) is 0.824. The van der Waals surface area contributed by atoms with Gasteiger partial charge in [0.05, 0.1) is 5.69 Å². The van der Waals surface area contributed by atoms with E-state index in [9.17, 15) is 5.11 Å². The number of thioether (sulfide) groups is 1. The van der Waals surface area contributed by atoms with Crippen LogP contribution in [0.4, 0.5) is 0 Å². The zero-order chi connectivity index (χ0) is 11.4. The molecule has 16 heavy (non-hydrogen) atoms. The first-order valence-electron chi connectivity index (χ1n) is 5.05. The molecule has 1 N–H and O–H groups in total. The van der Waals surface area contributed by atoms with E-state index in [1.54, 1.807) is 18.0 Å². The lowest BCUT2D eigenvalue weighted by Crippen LogP contribution is -2.03. The van der Waals surface area contributed by atoms with Crippen LogP contribution in [0.15, 0.2) is 53.6 Å². The van der Waals surface area contributed by atoms with Gasteiger partial charge in [0.1, 0.15) is 6.10 Å². The molecule has 0 bridgehead atoms. The smallest absolute Gasteiger partial charge is 0.122 e. The molecule has 2 nitrogen and oxygen atoms in total. The van der Waals surface area contributed by atoms with Crippen LogP contribution in [-0.4, -0.2) is 16.3 Å². The third kappa shape index (κ3) is 2.26. The highest BCUT2D eigenvalue weighted by Gasteiger charge is 2.14. The molecule has 3 heteroatoms. The van der Waals surface area contributed by atoms with Crippen LogP contribution >= 0.6 is 11.8 Å². The Balaban J connectivity index is 2.37. The van der Waals surface area contributed by atoms with Crippen molar-refractivity contribution in [3.8, 4) is 0 Å². The van der Waals surface area contributed by atoms with Crippen LogP contribution in [0, 0.1) is 0 Å². The van der Waals surface area contributed by atoms with E-state index in [2.05, 4.69) is 4.98 Å². The van der Waals surface area contributed by atoms with Crippen LogP contribution in [0.1, 0.15) is 17.4 Å². The SMILES string of the molecule is CSc1ccccc1[C@H](O)c1ccccn1. The normalized spacial score (nSPS) is 12.4. The Morgan fingerprint density at radius 3 is 2.56 bits per heavy atom. The molecule has 2 aromatic rings. The molecular formula is C13H13NOS. The molecular weight excluding hydrogens is 218 g/mol.